The summed E-state index contributed by atoms with van der Waals surface area (Å²) in [4.78, 5) is 9.35. The zero-order valence-corrected chi connectivity index (χ0v) is 15.1. The Labute approximate surface area is 148 Å². The van der Waals surface area contributed by atoms with E-state index in [1.807, 2.05) is 12.1 Å². The smallest absolute Gasteiger partial charge is 0.191 e. The number of fused-ring (bicyclic) bond motifs is 1. The molecule has 0 fully saturated rings. The van der Waals surface area contributed by atoms with Crippen LogP contribution >= 0.6 is 0 Å². The fraction of sp³-hybridized carbons (Fsp3) is 0.300. The minimum absolute atomic E-state index is 0.640. The van der Waals surface area contributed by atoms with Crippen LogP contribution in [-0.2, 0) is 13.1 Å². The molecular formula is C20H25N5. The molecule has 0 saturated carbocycles. The Morgan fingerprint density at radius 3 is 2.68 bits per heavy atom. The van der Waals surface area contributed by atoms with Gasteiger partial charge < -0.3 is 15.0 Å². The lowest BCUT2D eigenvalue weighted by Crippen LogP contribution is -2.36. The maximum absolute atomic E-state index is 4.69. The SMILES string of the molecule is CCNC(=NCc1ccccc1C)NCc1cn2c(C)cccc2n1. The number of nitrogens with zero attached hydrogens (tertiary/aromatic N) is 3. The van der Waals surface area contributed by atoms with Crippen molar-refractivity contribution < 1.29 is 0 Å². The van der Waals surface area contributed by atoms with E-state index in [0.29, 0.717) is 13.1 Å². The van der Waals surface area contributed by atoms with E-state index in [2.05, 4.69) is 77.3 Å². The number of hydrogen-bond acceptors (Lipinski definition) is 2. The molecule has 0 aliphatic carbocycles. The minimum atomic E-state index is 0.640. The Morgan fingerprint density at radius 2 is 1.92 bits per heavy atom. The molecule has 0 aliphatic rings. The van der Waals surface area contributed by atoms with Gasteiger partial charge in [0.1, 0.15) is 5.65 Å². The maximum Gasteiger partial charge on any atom is 0.191 e. The van der Waals surface area contributed by atoms with E-state index in [0.717, 1.165) is 23.8 Å². The molecule has 0 amide bonds. The molecule has 3 aromatic rings. The fourth-order valence-corrected chi connectivity index (χ4v) is 2.75. The predicted octanol–water partition coefficient (Wildman–Crippen LogP) is 3.21. The topological polar surface area (TPSA) is 53.7 Å². The molecule has 0 radical (unpaired) electrons. The Balaban J connectivity index is 1.69. The van der Waals surface area contributed by atoms with Crippen molar-refractivity contribution in [2.45, 2.75) is 33.9 Å². The lowest BCUT2D eigenvalue weighted by Gasteiger charge is -2.10. The average molecular weight is 335 g/mol. The first-order chi connectivity index (χ1) is 12.2. The molecule has 130 valence electrons. The lowest BCUT2D eigenvalue weighted by molar-refractivity contribution is 0.803. The summed E-state index contributed by atoms with van der Waals surface area (Å²) in [6.07, 6.45) is 2.07. The number of aromatic nitrogens is 2. The zero-order valence-electron chi connectivity index (χ0n) is 15.1. The van der Waals surface area contributed by atoms with E-state index in [1.165, 1.54) is 16.8 Å². The number of pyridine rings is 1. The number of hydrogen-bond donors (Lipinski definition) is 2. The molecule has 25 heavy (non-hydrogen) atoms. The number of aliphatic imine (C=N–C) groups is 1. The molecule has 5 heteroatoms. The Kier molecular flexibility index (Phi) is 5.33. The summed E-state index contributed by atoms with van der Waals surface area (Å²) in [5.74, 6) is 0.805. The van der Waals surface area contributed by atoms with Gasteiger partial charge in [0, 0.05) is 18.4 Å². The molecule has 0 bridgehead atoms. The summed E-state index contributed by atoms with van der Waals surface area (Å²) >= 11 is 0. The second kappa shape index (κ2) is 7.83. The second-order valence-corrected chi connectivity index (χ2v) is 6.10. The molecule has 3 rings (SSSR count). The lowest BCUT2D eigenvalue weighted by atomic mass is 10.1. The Morgan fingerprint density at radius 1 is 1.08 bits per heavy atom. The van der Waals surface area contributed by atoms with Crippen LogP contribution in [0.4, 0.5) is 0 Å². The summed E-state index contributed by atoms with van der Waals surface area (Å²) in [6.45, 7) is 8.39. The third kappa shape index (κ3) is 4.18. The van der Waals surface area contributed by atoms with Gasteiger partial charge in [-0.3, -0.25) is 0 Å². The van der Waals surface area contributed by atoms with Crippen LogP contribution < -0.4 is 10.6 Å². The van der Waals surface area contributed by atoms with Gasteiger partial charge >= 0.3 is 0 Å². The van der Waals surface area contributed by atoms with Gasteiger partial charge in [-0.25, -0.2) is 9.98 Å². The van der Waals surface area contributed by atoms with Crippen LogP contribution in [-0.4, -0.2) is 21.9 Å². The van der Waals surface area contributed by atoms with E-state index in [4.69, 9.17) is 4.99 Å². The Hall–Kier alpha value is -2.82. The standard InChI is InChI=1S/C20H25N5/c1-4-21-20(22-12-17-10-6-5-8-15(17)2)23-13-18-14-25-16(3)9-7-11-19(25)24-18/h5-11,14H,4,12-13H2,1-3H3,(H2,21,22,23). The molecule has 5 nitrogen and oxygen atoms in total. The van der Waals surface area contributed by atoms with Crippen molar-refractivity contribution in [2.24, 2.45) is 4.99 Å². The normalized spacial score (nSPS) is 11.7. The van der Waals surface area contributed by atoms with Crippen LogP contribution in [0.25, 0.3) is 5.65 Å². The average Bonchev–Trinajstić information content (AvgIpc) is 3.03. The highest BCUT2D eigenvalue weighted by Gasteiger charge is 2.05. The number of imidazole rings is 1. The number of benzene rings is 1. The molecule has 2 aromatic heterocycles. The third-order valence-electron chi connectivity index (χ3n) is 4.20. The van der Waals surface area contributed by atoms with Gasteiger partial charge in [0.05, 0.1) is 18.8 Å². The van der Waals surface area contributed by atoms with Crippen LogP contribution in [0.15, 0.2) is 53.7 Å². The highest BCUT2D eigenvalue weighted by atomic mass is 15.2. The van der Waals surface area contributed by atoms with Gasteiger partial charge in [0.15, 0.2) is 5.96 Å². The maximum atomic E-state index is 4.69. The van der Waals surface area contributed by atoms with E-state index < -0.39 is 0 Å². The quantitative estimate of drug-likeness (QED) is 0.556. The van der Waals surface area contributed by atoms with Crippen LogP contribution in [0, 0.1) is 13.8 Å². The molecule has 0 unspecified atom stereocenters. The fourth-order valence-electron chi connectivity index (χ4n) is 2.75. The zero-order chi connectivity index (χ0) is 17.6. The first kappa shape index (κ1) is 17.0. The summed E-state index contributed by atoms with van der Waals surface area (Å²) < 4.78 is 2.11. The van der Waals surface area contributed by atoms with Gasteiger partial charge in [0.25, 0.3) is 0 Å². The minimum Gasteiger partial charge on any atom is -0.357 e. The van der Waals surface area contributed by atoms with Gasteiger partial charge in [-0.1, -0.05) is 30.3 Å². The highest BCUT2D eigenvalue weighted by molar-refractivity contribution is 5.79. The van der Waals surface area contributed by atoms with Crippen molar-refractivity contribution in [1.82, 2.24) is 20.0 Å². The first-order valence-corrected chi connectivity index (χ1v) is 8.67. The molecule has 2 heterocycles. The largest absolute Gasteiger partial charge is 0.357 e. The molecule has 0 aliphatic heterocycles. The van der Waals surface area contributed by atoms with E-state index >= 15 is 0 Å². The highest BCUT2D eigenvalue weighted by Crippen LogP contribution is 2.09. The molecule has 0 spiro atoms. The van der Waals surface area contributed by atoms with Gasteiger partial charge in [0.2, 0.25) is 0 Å². The molecule has 1 aromatic carbocycles. The number of rotatable bonds is 5. The third-order valence-corrected chi connectivity index (χ3v) is 4.20. The van der Waals surface area contributed by atoms with Gasteiger partial charge in [-0.15, -0.1) is 0 Å². The monoisotopic (exact) mass is 335 g/mol. The van der Waals surface area contributed by atoms with Crippen LogP contribution in [0.2, 0.25) is 0 Å². The van der Waals surface area contributed by atoms with Crippen LogP contribution in [0.3, 0.4) is 0 Å². The van der Waals surface area contributed by atoms with Crippen molar-refractivity contribution in [3.05, 3.63) is 71.2 Å². The molecule has 2 N–H and O–H groups in total. The van der Waals surface area contributed by atoms with Gasteiger partial charge in [-0.05, 0) is 44.0 Å². The molecular weight excluding hydrogens is 310 g/mol. The summed E-state index contributed by atoms with van der Waals surface area (Å²) in [5.41, 5.74) is 5.65. The van der Waals surface area contributed by atoms with Crippen molar-refractivity contribution in [2.75, 3.05) is 6.54 Å². The van der Waals surface area contributed by atoms with Crippen molar-refractivity contribution in [3.63, 3.8) is 0 Å². The van der Waals surface area contributed by atoms with Gasteiger partial charge in [-0.2, -0.15) is 0 Å². The van der Waals surface area contributed by atoms with Crippen LogP contribution in [0.5, 0.6) is 0 Å². The van der Waals surface area contributed by atoms with Crippen LogP contribution in [0.1, 0.15) is 29.4 Å². The summed E-state index contributed by atoms with van der Waals surface area (Å²) in [6, 6.07) is 14.5. The first-order valence-electron chi connectivity index (χ1n) is 8.67. The predicted molar refractivity (Wildman–Crippen MR) is 103 cm³/mol. The van der Waals surface area contributed by atoms with Crippen molar-refractivity contribution in [3.8, 4) is 0 Å². The van der Waals surface area contributed by atoms with E-state index in [9.17, 15) is 0 Å². The Bertz CT molecular complexity index is 879. The number of guanidine groups is 1. The van der Waals surface area contributed by atoms with E-state index in [1.54, 1.807) is 0 Å². The number of nitrogens with one attached hydrogen (secondary N) is 2. The van der Waals surface area contributed by atoms with Crippen molar-refractivity contribution >= 4 is 11.6 Å². The van der Waals surface area contributed by atoms with E-state index in [-0.39, 0.29) is 0 Å². The van der Waals surface area contributed by atoms with Crippen molar-refractivity contribution in [1.29, 1.82) is 0 Å². The summed E-state index contributed by atoms with van der Waals surface area (Å²) in [5, 5.41) is 6.66. The second-order valence-electron chi connectivity index (χ2n) is 6.10. The molecule has 0 atom stereocenters. The molecule has 0 saturated heterocycles. The number of aryl methyl sites for hydroxylation is 2. The summed E-state index contributed by atoms with van der Waals surface area (Å²) in [7, 11) is 0.